The maximum absolute atomic E-state index is 11.4. The zero-order chi connectivity index (χ0) is 18.2. The lowest BCUT2D eigenvalue weighted by atomic mass is 10.1. The fourth-order valence-electron chi connectivity index (χ4n) is 2.54. The molecule has 0 saturated carbocycles. The molecule has 0 spiro atoms. The highest BCUT2D eigenvalue weighted by atomic mass is 16.5. The second-order valence-electron chi connectivity index (χ2n) is 5.69. The molecule has 0 aliphatic carbocycles. The molecule has 0 aliphatic rings. The second kappa shape index (κ2) is 8.62. The maximum atomic E-state index is 11.4. The van der Waals surface area contributed by atoms with Crippen molar-refractivity contribution in [2.45, 2.75) is 13.2 Å². The molecule has 0 N–H and O–H groups in total. The van der Waals surface area contributed by atoms with Crippen LogP contribution < -0.4 is 9.47 Å². The van der Waals surface area contributed by atoms with Crippen molar-refractivity contribution in [2.24, 2.45) is 0 Å². The molecule has 0 amide bonds. The topological polar surface area (TPSA) is 52.6 Å². The molecule has 0 heterocycles. The Labute approximate surface area is 152 Å². The monoisotopic (exact) mass is 346 g/mol. The number of hydrogen-bond donors (Lipinski definition) is 0. The van der Waals surface area contributed by atoms with Crippen LogP contribution in [0.15, 0.2) is 72.8 Å². The van der Waals surface area contributed by atoms with E-state index in [0.29, 0.717) is 23.7 Å². The van der Waals surface area contributed by atoms with Gasteiger partial charge < -0.3 is 9.47 Å². The van der Waals surface area contributed by atoms with Crippen molar-refractivity contribution in [1.29, 1.82) is 0 Å². The van der Waals surface area contributed by atoms with Crippen LogP contribution in [0.3, 0.4) is 0 Å². The number of benzene rings is 3. The van der Waals surface area contributed by atoms with Crippen LogP contribution in [0.1, 0.15) is 31.8 Å². The summed E-state index contributed by atoms with van der Waals surface area (Å²) in [4.78, 5) is 22.9. The standard InChI is InChI=1S/C22H18O4/c23-13-19-11-12-20(14-24)22(26-16-18-9-5-2-6-10-18)21(19)25-15-17-7-3-1-4-8-17/h1-14H,15-16H2. The molecule has 4 nitrogen and oxygen atoms in total. The van der Waals surface area contributed by atoms with Gasteiger partial charge in [0, 0.05) is 0 Å². The predicted octanol–water partition coefficient (Wildman–Crippen LogP) is 4.47. The van der Waals surface area contributed by atoms with Crippen molar-refractivity contribution in [3.63, 3.8) is 0 Å². The average molecular weight is 346 g/mol. The molecule has 0 saturated heterocycles. The van der Waals surface area contributed by atoms with Crippen LogP contribution in [-0.2, 0) is 13.2 Å². The van der Waals surface area contributed by atoms with E-state index in [2.05, 4.69) is 0 Å². The van der Waals surface area contributed by atoms with E-state index in [-0.39, 0.29) is 24.7 Å². The molecule has 0 fully saturated rings. The molecule has 130 valence electrons. The molecule has 0 radical (unpaired) electrons. The van der Waals surface area contributed by atoms with Crippen LogP contribution in [0, 0.1) is 0 Å². The van der Waals surface area contributed by atoms with Gasteiger partial charge >= 0.3 is 0 Å². The first-order valence-electron chi connectivity index (χ1n) is 8.22. The van der Waals surface area contributed by atoms with E-state index in [4.69, 9.17) is 9.47 Å². The Morgan fingerprint density at radius 2 is 0.962 bits per heavy atom. The number of rotatable bonds is 8. The molecule has 0 bridgehead atoms. The minimum absolute atomic E-state index is 0.270. The molecular formula is C22H18O4. The molecule has 3 aromatic carbocycles. The molecule has 3 rings (SSSR count). The van der Waals surface area contributed by atoms with Gasteiger partial charge in [-0.1, -0.05) is 60.7 Å². The maximum Gasteiger partial charge on any atom is 0.172 e. The van der Waals surface area contributed by atoms with E-state index in [1.807, 2.05) is 60.7 Å². The summed E-state index contributed by atoms with van der Waals surface area (Å²) in [7, 11) is 0. The fourth-order valence-corrected chi connectivity index (χ4v) is 2.54. The van der Waals surface area contributed by atoms with Crippen LogP contribution in [0.2, 0.25) is 0 Å². The summed E-state index contributed by atoms with van der Waals surface area (Å²) < 4.78 is 11.7. The smallest absolute Gasteiger partial charge is 0.172 e. The van der Waals surface area contributed by atoms with Gasteiger partial charge in [-0.05, 0) is 23.3 Å². The van der Waals surface area contributed by atoms with Crippen molar-refractivity contribution >= 4 is 12.6 Å². The molecular weight excluding hydrogens is 328 g/mol. The van der Waals surface area contributed by atoms with Gasteiger partial charge in [0.25, 0.3) is 0 Å². The number of carbonyl (C=O) groups is 2. The third kappa shape index (κ3) is 4.16. The van der Waals surface area contributed by atoms with Crippen LogP contribution in [-0.4, -0.2) is 12.6 Å². The summed E-state index contributed by atoms with van der Waals surface area (Å²) >= 11 is 0. The Balaban J connectivity index is 1.89. The number of aldehydes is 2. The summed E-state index contributed by atoms with van der Waals surface area (Å²) in [5, 5.41) is 0. The van der Waals surface area contributed by atoms with Gasteiger partial charge in [-0.15, -0.1) is 0 Å². The number of ether oxygens (including phenoxy) is 2. The van der Waals surface area contributed by atoms with E-state index >= 15 is 0 Å². The third-order valence-corrected chi connectivity index (χ3v) is 3.88. The quantitative estimate of drug-likeness (QED) is 0.565. The zero-order valence-corrected chi connectivity index (χ0v) is 14.1. The summed E-state index contributed by atoms with van der Waals surface area (Å²) in [5.74, 6) is 0.564. The first kappa shape index (κ1) is 17.4. The highest BCUT2D eigenvalue weighted by molar-refractivity contribution is 5.88. The third-order valence-electron chi connectivity index (χ3n) is 3.88. The lowest BCUT2D eigenvalue weighted by Crippen LogP contribution is -2.05. The lowest BCUT2D eigenvalue weighted by molar-refractivity contribution is 0.110. The first-order chi connectivity index (χ1) is 12.8. The van der Waals surface area contributed by atoms with E-state index in [1.54, 1.807) is 12.1 Å². The van der Waals surface area contributed by atoms with Gasteiger partial charge in [0.15, 0.2) is 24.1 Å². The van der Waals surface area contributed by atoms with Crippen molar-refractivity contribution in [3.05, 3.63) is 95.1 Å². The molecule has 26 heavy (non-hydrogen) atoms. The molecule has 3 aromatic rings. The minimum atomic E-state index is 0.270. The van der Waals surface area contributed by atoms with E-state index < -0.39 is 0 Å². The van der Waals surface area contributed by atoms with Gasteiger partial charge in [-0.3, -0.25) is 9.59 Å². The summed E-state index contributed by atoms with van der Waals surface area (Å²) in [6.07, 6.45) is 1.40. The van der Waals surface area contributed by atoms with Crippen molar-refractivity contribution in [1.82, 2.24) is 0 Å². The van der Waals surface area contributed by atoms with E-state index in [1.165, 1.54) is 0 Å². The Morgan fingerprint density at radius 3 is 1.31 bits per heavy atom. The Bertz CT molecular complexity index is 799. The van der Waals surface area contributed by atoms with Gasteiger partial charge in [0.05, 0.1) is 11.1 Å². The second-order valence-corrected chi connectivity index (χ2v) is 5.69. The minimum Gasteiger partial charge on any atom is -0.484 e. The summed E-state index contributed by atoms with van der Waals surface area (Å²) in [6.45, 7) is 0.539. The Hall–Kier alpha value is -3.40. The Kier molecular flexibility index (Phi) is 5.78. The van der Waals surface area contributed by atoms with Crippen LogP contribution in [0.25, 0.3) is 0 Å². The van der Waals surface area contributed by atoms with Crippen molar-refractivity contribution in [3.8, 4) is 11.5 Å². The van der Waals surface area contributed by atoms with Gasteiger partial charge in [-0.25, -0.2) is 0 Å². The zero-order valence-electron chi connectivity index (χ0n) is 14.1. The highest BCUT2D eigenvalue weighted by Crippen LogP contribution is 2.35. The van der Waals surface area contributed by atoms with Gasteiger partial charge in [-0.2, -0.15) is 0 Å². The molecule has 0 unspecified atom stereocenters. The fraction of sp³-hybridized carbons (Fsp3) is 0.0909. The lowest BCUT2D eigenvalue weighted by Gasteiger charge is -2.16. The van der Waals surface area contributed by atoms with Gasteiger partial charge in [0.2, 0.25) is 0 Å². The largest absolute Gasteiger partial charge is 0.484 e. The van der Waals surface area contributed by atoms with Crippen molar-refractivity contribution < 1.29 is 19.1 Å². The number of hydrogen-bond acceptors (Lipinski definition) is 4. The normalized spacial score (nSPS) is 10.2. The Morgan fingerprint density at radius 1 is 0.577 bits per heavy atom. The van der Waals surface area contributed by atoms with Crippen molar-refractivity contribution in [2.75, 3.05) is 0 Å². The summed E-state index contributed by atoms with van der Waals surface area (Å²) in [6, 6.07) is 22.3. The van der Waals surface area contributed by atoms with Crippen LogP contribution >= 0.6 is 0 Å². The van der Waals surface area contributed by atoms with Gasteiger partial charge in [0.1, 0.15) is 13.2 Å². The molecule has 0 aliphatic heterocycles. The molecule has 4 heteroatoms. The average Bonchev–Trinajstić information content (AvgIpc) is 2.71. The van der Waals surface area contributed by atoms with E-state index in [9.17, 15) is 9.59 Å². The van der Waals surface area contributed by atoms with E-state index in [0.717, 1.165) is 11.1 Å². The van der Waals surface area contributed by atoms with Crippen LogP contribution in [0.5, 0.6) is 11.5 Å². The molecule has 0 aromatic heterocycles. The van der Waals surface area contributed by atoms with Crippen LogP contribution in [0.4, 0.5) is 0 Å². The highest BCUT2D eigenvalue weighted by Gasteiger charge is 2.16. The first-order valence-corrected chi connectivity index (χ1v) is 8.22. The molecule has 0 atom stereocenters. The number of carbonyl (C=O) groups excluding carboxylic acids is 2. The summed E-state index contributed by atoms with van der Waals surface area (Å²) in [5.41, 5.74) is 2.59. The predicted molar refractivity (Wildman–Crippen MR) is 98.8 cm³/mol. The SMILES string of the molecule is O=Cc1ccc(C=O)c(OCc2ccccc2)c1OCc1ccccc1.